The number of rotatable bonds is 3. The molecule has 2 amide bonds. The first kappa shape index (κ1) is 14.6. The van der Waals surface area contributed by atoms with Crippen LogP contribution < -0.4 is 5.32 Å². The first-order valence-corrected chi connectivity index (χ1v) is 7.51. The second kappa shape index (κ2) is 6.62. The molecule has 0 spiro atoms. The molecule has 1 unspecified atom stereocenters. The quantitative estimate of drug-likeness (QED) is 0.910. The van der Waals surface area contributed by atoms with Gasteiger partial charge in [-0.2, -0.15) is 5.10 Å². The molecule has 0 aliphatic carbocycles. The fourth-order valence-electron chi connectivity index (χ4n) is 2.63. The van der Waals surface area contributed by atoms with E-state index in [1.165, 1.54) is 0 Å². The van der Waals surface area contributed by atoms with E-state index in [1.54, 1.807) is 15.8 Å². The summed E-state index contributed by atoms with van der Waals surface area (Å²) in [5.41, 5.74) is 1.82. The van der Waals surface area contributed by atoms with E-state index < -0.39 is 6.10 Å². The topological polar surface area (TPSA) is 70.4 Å². The molecule has 6 nitrogen and oxygen atoms in total. The molecule has 2 N–H and O–H groups in total. The molecule has 1 atom stereocenters. The van der Waals surface area contributed by atoms with Crippen LogP contribution in [0.1, 0.15) is 18.4 Å². The monoisotopic (exact) mass is 300 g/mol. The Morgan fingerprint density at radius 2 is 2.18 bits per heavy atom. The summed E-state index contributed by atoms with van der Waals surface area (Å²) in [7, 11) is 0. The van der Waals surface area contributed by atoms with Gasteiger partial charge in [0, 0.05) is 19.3 Å². The van der Waals surface area contributed by atoms with Crippen molar-refractivity contribution in [2.75, 3.05) is 18.4 Å². The van der Waals surface area contributed by atoms with Crippen molar-refractivity contribution in [2.24, 2.45) is 0 Å². The zero-order valence-electron chi connectivity index (χ0n) is 12.4. The molecule has 0 radical (unpaired) electrons. The van der Waals surface area contributed by atoms with E-state index in [9.17, 15) is 9.90 Å². The number of hydrogen-bond acceptors (Lipinski definition) is 3. The van der Waals surface area contributed by atoms with E-state index in [2.05, 4.69) is 10.4 Å². The van der Waals surface area contributed by atoms with Crippen molar-refractivity contribution in [1.29, 1.82) is 0 Å². The highest BCUT2D eigenvalue weighted by molar-refractivity contribution is 5.89. The van der Waals surface area contributed by atoms with Crippen LogP contribution in [0.5, 0.6) is 0 Å². The molecule has 1 fully saturated rings. The van der Waals surface area contributed by atoms with Gasteiger partial charge in [0.25, 0.3) is 0 Å². The number of aliphatic hydroxyl groups excluding tert-OH is 1. The summed E-state index contributed by atoms with van der Waals surface area (Å²) >= 11 is 0. The van der Waals surface area contributed by atoms with Crippen LogP contribution in [0.4, 0.5) is 10.5 Å². The number of urea groups is 1. The summed E-state index contributed by atoms with van der Waals surface area (Å²) in [6.07, 6.45) is 4.63. The van der Waals surface area contributed by atoms with E-state index in [-0.39, 0.29) is 6.03 Å². The van der Waals surface area contributed by atoms with Crippen LogP contribution in [0.2, 0.25) is 0 Å². The van der Waals surface area contributed by atoms with Crippen LogP contribution >= 0.6 is 0 Å². The molecule has 0 saturated carbocycles. The average Bonchev–Trinajstić information content (AvgIpc) is 2.95. The van der Waals surface area contributed by atoms with Crippen LogP contribution in [0.15, 0.2) is 42.7 Å². The minimum Gasteiger partial charge on any atom is -0.391 e. The fraction of sp³-hybridized carbons (Fsp3) is 0.375. The van der Waals surface area contributed by atoms with Gasteiger partial charge in [-0.15, -0.1) is 0 Å². The number of anilines is 1. The van der Waals surface area contributed by atoms with Gasteiger partial charge in [-0.25, -0.2) is 4.79 Å². The number of piperidine rings is 1. The number of hydrogen-bond donors (Lipinski definition) is 2. The Hall–Kier alpha value is -2.34. The maximum atomic E-state index is 12.1. The summed E-state index contributed by atoms with van der Waals surface area (Å²) < 4.78 is 1.79. The summed E-state index contributed by atoms with van der Waals surface area (Å²) in [4.78, 5) is 13.8. The zero-order valence-corrected chi connectivity index (χ0v) is 12.4. The van der Waals surface area contributed by atoms with Crippen molar-refractivity contribution in [3.05, 3.63) is 48.3 Å². The average molecular weight is 300 g/mol. The lowest BCUT2D eigenvalue weighted by Crippen LogP contribution is -2.44. The molecule has 1 aliphatic rings. The maximum Gasteiger partial charge on any atom is 0.322 e. The normalized spacial score (nSPS) is 18.2. The highest BCUT2D eigenvalue weighted by Gasteiger charge is 2.22. The summed E-state index contributed by atoms with van der Waals surface area (Å²) in [5, 5.41) is 16.7. The predicted molar refractivity (Wildman–Crippen MR) is 83.6 cm³/mol. The lowest BCUT2D eigenvalue weighted by molar-refractivity contribution is 0.0883. The highest BCUT2D eigenvalue weighted by Crippen LogP contribution is 2.13. The van der Waals surface area contributed by atoms with Crippen LogP contribution in [-0.2, 0) is 6.54 Å². The Morgan fingerprint density at radius 1 is 1.36 bits per heavy atom. The molecule has 3 rings (SSSR count). The van der Waals surface area contributed by atoms with E-state index in [1.807, 2.05) is 36.5 Å². The van der Waals surface area contributed by atoms with Crippen molar-refractivity contribution in [1.82, 2.24) is 14.7 Å². The number of benzene rings is 1. The first-order valence-electron chi connectivity index (χ1n) is 7.51. The molecule has 2 heterocycles. The van der Waals surface area contributed by atoms with Gasteiger partial charge < -0.3 is 15.3 Å². The Kier molecular flexibility index (Phi) is 4.39. The summed E-state index contributed by atoms with van der Waals surface area (Å²) in [5.74, 6) is 0. The van der Waals surface area contributed by atoms with Crippen LogP contribution in [0, 0.1) is 0 Å². The van der Waals surface area contributed by atoms with Crippen LogP contribution in [-0.4, -0.2) is 45.0 Å². The third-order valence-corrected chi connectivity index (χ3v) is 3.76. The molecule has 1 aromatic carbocycles. The van der Waals surface area contributed by atoms with E-state index in [0.29, 0.717) is 25.3 Å². The van der Waals surface area contributed by atoms with Crippen LogP contribution in [0.3, 0.4) is 0 Å². The number of carbonyl (C=O) groups is 1. The number of β-amino-alcohol motifs (C(OH)–C–C–N with tert-alkyl or cyclic N) is 1. The third kappa shape index (κ3) is 3.65. The van der Waals surface area contributed by atoms with Crippen molar-refractivity contribution in [3.8, 4) is 0 Å². The van der Waals surface area contributed by atoms with Crippen molar-refractivity contribution in [2.45, 2.75) is 25.5 Å². The second-order valence-electron chi connectivity index (χ2n) is 5.58. The van der Waals surface area contributed by atoms with Gasteiger partial charge in [0.05, 0.1) is 24.5 Å². The molecule has 1 aromatic heterocycles. The second-order valence-corrected chi connectivity index (χ2v) is 5.58. The van der Waals surface area contributed by atoms with Crippen LogP contribution in [0.25, 0.3) is 0 Å². The molecule has 1 aliphatic heterocycles. The summed E-state index contributed by atoms with van der Waals surface area (Å²) in [6, 6.07) is 9.85. The molecular weight excluding hydrogens is 280 g/mol. The SMILES string of the molecule is O=C(Nc1cnn(Cc2ccccc2)c1)N1CCCC(O)C1. The molecule has 116 valence electrons. The minimum atomic E-state index is -0.416. The Bertz CT molecular complexity index is 626. The van der Waals surface area contributed by atoms with E-state index in [4.69, 9.17) is 0 Å². The van der Waals surface area contributed by atoms with Gasteiger partial charge in [-0.05, 0) is 18.4 Å². The minimum absolute atomic E-state index is 0.182. The van der Waals surface area contributed by atoms with Gasteiger partial charge in [0.2, 0.25) is 0 Å². The summed E-state index contributed by atoms with van der Waals surface area (Å²) in [6.45, 7) is 1.74. The first-order chi connectivity index (χ1) is 10.7. The Morgan fingerprint density at radius 3 is 2.95 bits per heavy atom. The number of aliphatic hydroxyl groups is 1. The third-order valence-electron chi connectivity index (χ3n) is 3.76. The predicted octanol–water partition coefficient (Wildman–Crippen LogP) is 1.92. The number of carbonyl (C=O) groups excluding carboxylic acids is 1. The number of likely N-dealkylation sites (tertiary alicyclic amines) is 1. The largest absolute Gasteiger partial charge is 0.391 e. The van der Waals surface area contributed by atoms with Crippen molar-refractivity contribution >= 4 is 11.7 Å². The van der Waals surface area contributed by atoms with Gasteiger partial charge in [-0.3, -0.25) is 4.68 Å². The molecule has 2 aromatic rings. The lowest BCUT2D eigenvalue weighted by atomic mass is 10.1. The van der Waals surface area contributed by atoms with E-state index in [0.717, 1.165) is 18.4 Å². The Balaban J connectivity index is 1.58. The Labute approximate surface area is 129 Å². The smallest absolute Gasteiger partial charge is 0.322 e. The maximum absolute atomic E-state index is 12.1. The van der Waals surface area contributed by atoms with Crippen molar-refractivity contribution in [3.63, 3.8) is 0 Å². The number of nitrogens with one attached hydrogen (secondary N) is 1. The molecule has 22 heavy (non-hydrogen) atoms. The zero-order chi connectivity index (χ0) is 15.4. The highest BCUT2D eigenvalue weighted by atomic mass is 16.3. The molecular formula is C16H20N4O2. The molecule has 6 heteroatoms. The number of amides is 2. The number of aromatic nitrogens is 2. The van der Waals surface area contributed by atoms with Gasteiger partial charge >= 0.3 is 6.03 Å². The molecule has 1 saturated heterocycles. The number of nitrogens with zero attached hydrogens (tertiary/aromatic N) is 3. The van der Waals surface area contributed by atoms with Gasteiger partial charge in [-0.1, -0.05) is 30.3 Å². The standard InChI is InChI=1S/C16H20N4O2/c21-15-7-4-8-19(12-15)16(22)18-14-9-17-20(11-14)10-13-5-2-1-3-6-13/h1-3,5-6,9,11,15,21H,4,7-8,10,12H2,(H,18,22). The van der Waals surface area contributed by atoms with Crippen molar-refractivity contribution < 1.29 is 9.90 Å². The lowest BCUT2D eigenvalue weighted by Gasteiger charge is -2.29. The molecule has 0 bridgehead atoms. The van der Waals surface area contributed by atoms with Gasteiger partial charge in [0.1, 0.15) is 0 Å². The van der Waals surface area contributed by atoms with Gasteiger partial charge in [0.15, 0.2) is 0 Å². The fourth-order valence-corrected chi connectivity index (χ4v) is 2.63. The van der Waals surface area contributed by atoms with E-state index >= 15 is 0 Å².